The largest absolute Gasteiger partial charge is 0.388 e. The van der Waals surface area contributed by atoms with E-state index in [-0.39, 0.29) is 18.2 Å². The highest BCUT2D eigenvalue weighted by Crippen LogP contribution is 2.18. The van der Waals surface area contributed by atoms with Gasteiger partial charge in [-0.05, 0) is 31.0 Å². The summed E-state index contributed by atoms with van der Waals surface area (Å²) in [5.74, 6) is -2.31. The first-order valence-corrected chi connectivity index (χ1v) is 6.83. The van der Waals surface area contributed by atoms with E-state index in [0.717, 1.165) is 12.5 Å². The molecule has 116 valence electrons. The molecular weight excluding hydrogens is 275 g/mol. The summed E-state index contributed by atoms with van der Waals surface area (Å²) in [5, 5.41) is 14.8. The molecule has 0 bridgehead atoms. The van der Waals surface area contributed by atoms with Crippen molar-refractivity contribution in [2.45, 2.75) is 32.8 Å². The minimum atomic E-state index is -1.09. The number of carbonyl (C=O) groups excluding carboxylic acids is 2. The monoisotopic (exact) mass is 296 g/mol. The van der Waals surface area contributed by atoms with Crippen molar-refractivity contribution >= 4 is 17.5 Å². The second-order valence-corrected chi connectivity index (χ2v) is 5.31. The van der Waals surface area contributed by atoms with Crippen LogP contribution < -0.4 is 10.6 Å². The van der Waals surface area contributed by atoms with Crippen molar-refractivity contribution in [2.24, 2.45) is 5.92 Å². The molecular formula is C15H21FN2O3. The van der Waals surface area contributed by atoms with Gasteiger partial charge < -0.3 is 15.7 Å². The molecule has 0 aliphatic heterocycles. The first kappa shape index (κ1) is 17.1. The molecule has 0 aliphatic rings. The lowest BCUT2D eigenvalue weighted by atomic mass is 9.89. The molecule has 2 atom stereocenters. The molecule has 0 radical (unpaired) electrons. The van der Waals surface area contributed by atoms with Gasteiger partial charge >= 0.3 is 11.8 Å². The highest BCUT2D eigenvalue weighted by Gasteiger charge is 2.28. The topological polar surface area (TPSA) is 78.4 Å². The normalized spacial score (nSPS) is 14.9. The van der Waals surface area contributed by atoms with Gasteiger partial charge in [-0.2, -0.15) is 0 Å². The van der Waals surface area contributed by atoms with Crippen LogP contribution in [0.4, 0.5) is 10.1 Å². The molecule has 0 heterocycles. The van der Waals surface area contributed by atoms with Crippen molar-refractivity contribution in [1.29, 1.82) is 0 Å². The van der Waals surface area contributed by atoms with Gasteiger partial charge in [0.15, 0.2) is 0 Å². The minimum Gasteiger partial charge on any atom is -0.388 e. The van der Waals surface area contributed by atoms with E-state index in [1.54, 1.807) is 6.92 Å². The third-order valence-electron chi connectivity index (χ3n) is 3.57. The molecule has 2 amide bonds. The molecule has 5 nitrogen and oxygen atoms in total. The maximum atomic E-state index is 13.0. The first-order valence-electron chi connectivity index (χ1n) is 6.83. The zero-order valence-corrected chi connectivity index (χ0v) is 12.4. The number of amides is 2. The SMILES string of the molecule is CC[C@H](C)[C@@](C)(O)CNC(=O)C(=O)Nc1cccc(F)c1. The molecule has 21 heavy (non-hydrogen) atoms. The Bertz CT molecular complexity index is 517. The van der Waals surface area contributed by atoms with E-state index in [1.165, 1.54) is 18.2 Å². The van der Waals surface area contributed by atoms with Gasteiger partial charge in [0.05, 0.1) is 5.60 Å². The van der Waals surface area contributed by atoms with E-state index in [1.807, 2.05) is 13.8 Å². The van der Waals surface area contributed by atoms with Crippen LogP contribution in [0.1, 0.15) is 27.2 Å². The fraction of sp³-hybridized carbons (Fsp3) is 0.467. The summed E-state index contributed by atoms with van der Waals surface area (Å²) < 4.78 is 13.0. The number of carbonyl (C=O) groups is 2. The lowest BCUT2D eigenvalue weighted by Crippen LogP contribution is -2.47. The minimum absolute atomic E-state index is 0.0240. The predicted molar refractivity (Wildman–Crippen MR) is 78.1 cm³/mol. The van der Waals surface area contributed by atoms with Crippen LogP contribution in [0.15, 0.2) is 24.3 Å². The Morgan fingerprint density at radius 1 is 1.38 bits per heavy atom. The summed E-state index contributed by atoms with van der Waals surface area (Å²) in [5.41, 5.74) is -0.896. The van der Waals surface area contributed by atoms with Crippen molar-refractivity contribution < 1.29 is 19.1 Å². The fourth-order valence-corrected chi connectivity index (χ4v) is 1.71. The zero-order chi connectivity index (χ0) is 16.0. The van der Waals surface area contributed by atoms with Crippen LogP contribution in [0.5, 0.6) is 0 Å². The second-order valence-electron chi connectivity index (χ2n) is 5.31. The Balaban J connectivity index is 2.54. The molecule has 0 aromatic heterocycles. The Morgan fingerprint density at radius 3 is 2.62 bits per heavy atom. The molecule has 0 fully saturated rings. The van der Waals surface area contributed by atoms with Crippen molar-refractivity contribution in [1.82, 2.24) is 5.32 Å². The molecule has 0 saturated heterocycles. The summed E-state index contributed by atoms with van der Waals surface area (Å²) in [4.78, 5) is 23.3. The Morgan fingerprint density at radius 2 is 2.05 bits per heavy atom. The third kappa shape index (κ3) is 5.15. The van der Waals surface area contributed by atoms with Crippen molar-refractivity contribution in [3.05, 3.63) is 30.1 Å². The van der Waals surface area contributed by atoms with Gasteiger partial charge in [0.1, 0.15) is 5.82 Å². The second kappa shape index (κ2) is 7.17. The van der Waals surface area contributed by atoms with Gasteiger partial charge in [-0.25, -0.2) is 4.39 Å². The smallest absolute Gasteiger partial charge is 0.313 e. The zero-order valence-electron chi connectivity index (χ0n) is 12.4. The molecule has 0 saturated carbocycles. The number of benzene rings is 1. The highest BCUT2D eigenvalue weighted by atomic mass is 19.1. The summed E-state index contributed by atoms with van der Waals surface area (Å²) in [7, 11) is 0. The lowest BCUT2D eigenvalue weighted by molar-refractivity contribution is -0.137. The van der Waals surface area contributed by atoms with E-state index in [2.05, 4.69) is 10.6 Å². The van der Waals surface area contributed by atoms with E-state index < -0.39 is 23.2 Å². The molecule has 1 aromatic rings. The van der Waals surface area contributed by atoms with Gasteiger partial charge in [0, 0.05) is 12.2 Å². The Labute approximate surface area is 123 Å². The number of hydrogen-bond acceptors (Lipinski definition) is 3. The van der Waals surface area contributed by atoms with Crippen LogP contribution in [0.25, 0.3) is 0 Å². The summed E-state index contributed by atoms with van der Waals surface area (Å²) in [6.07, 6.45) is 0.748. The van der Waals surface area contributed by atoms with Crippen molar-refractivity contribution in [3.63, 3.8) is 0 Å². The highest BCUT2D eigenvalue weighted by molar-refractivity contribution is 6.39. The van der Waals surface area contributed by atoms with Crippen LogP contribution in [0, 0.1) is 11.7 Å². The maximum absolute atomic E-state index is 13.0. The van der Waals surface area contributed by atoms with E-state index in [9.17, 15) is 19.1 Å². The Kier molecular flexibility index (Phi) is 5.84. The van der Waals surface area contributed by atoms with Crippen LogP contribution in [-0.2, 0) is 9.59 Å². The fourth-order valence-electron chi connectivity index (χ4n) is 1.71. The van der Waals surface area contributed by atoms with Crippen molar-refractivity contribution in [3.8, 4) is 0 Å². The number of nitrogens with one attached hydrogen (secondary N) is 2. The summed E-state index contributed by atoms with van der Waals surface area (Å²) in [6.45, 7) is 5.36. The molecule has 0 spiro atoms. The predicted octanol–water partition coefficient (Wildman–Crippen LogP) is 1.68. The molecule has 3 N–H and O–H groups in total. The van der Waals surface area contributed by atoms with E-state index >= 15 is 0 Å². The molecule has 1 rings (SSSR count). The number of hydrogen-bond donors (Lipinski definition) is 3. The van der Waals surface area contributed by atoms with Crippen LogP contribution in [-0.4, -0.2) is 29.1 Å². The van der Waals surface area contributed by atoms with Crippen molar-refractivity contribution in [2.75, 3.05) is 11.9 Å². The Hall–Kier alpha value is -1.95. The van der Waals surface area contributed by atoms with Crippen LogP contribution in [0.3, 0.4) is 0 Å². The molecule has 6 heteroatoms. The summed E-state index contributed by atoms with van der Waals surface area (Å²) >= 11 is 0. The number of anilines is 1. The average Bonchev–Trinajstić information content (AvgIpc) is 2.43. The van der Waals surface area contributed by atoms with Gasteiger partial charge in [0.2, 0.25) is 0 Å². The quantitative estimate of drug-likeness (QED) is 0.723. The number of halogens is 1. The molecule has 0 unspecified atom stereocenters. The molecule has 0 aliphatic carbocycles. The van der Waals surface area contributed by atoms with Gasteiger partial charge in [-0.15, -0.1) is 0 Å². The standard InChI is InChI=1S/C15H21FN2O3/c1-4-10(2)15(3,21)9-17-13(19)14(20)18-12-7-5-6-11(16)8-12/h5-8,10,21H,4,9H2,1-3H3,(H,17,19)(H,18,20)/t10-,15-/m0/s1. The maximum Gasteiger partial charge on any atom is 0.313 e. The average molecular weight is 296 g/mol. The van der Waals surface area contributed by atoms with Gasteiger partial charge in [0.25, 0.3) is 0 Å². The third-order valence-corrected chi connectivity index (χ3v) is 3.57. The van der Waals surface area contributed by atoms with Gasteiger partial charge in [-0.1, -0.05) is 26.3 Å². The number of aliphatic hydroxyl groups is 1. The van der Waals surface area contributed by atoms with E-state index in [0.29, 0.717) is 0 Å². The number of rotatable bonds is 5. The van der Waals surface area contributed by atoms with Gasteiger partial charge in [-0.3, -0.25) is 9.59 Å². The summed E-state index contributed by atoms with van der Waals surface area (Å²) in [6, 6.07) is 5.25. The van der Waals surface area contributed by atoms with Crippen LogP contribution in [0.2, 0.25) is 0 Å². The lowest BCUT2D eigenvalue weighted by Gasteiger charge is -2.29. The van der Waals surface area contributed by atoms with Crippen LogP contribution >= 0.6 is 0 Å². The molecule has 1 aromatic carbocycles. The first-order chi connectivity index (χ1) is 9.76. The van der Waals surface area contributed by atoms with E-state index in [4.69, 9.17) is 0 Å².